The van der Waals surface area contributed by atoms with Crippen LogP contribution in [0, 0.1) is 5.92 Å². The second-order valence-electron chi connectivity index (χ2n) is 6.90. The third-order valence-corrected chi connectivity index (χ3v) is 5.43. The minimum absolute atomic E-state index is 0.114. The Kier molecular flexibility index (Phi) is 3.34. The monoisotopic (exact) mass is 358 g/mol. The third-order valence-electron chi connectivity index (χ3n) is 5.43. The van der Waals surface area contributed by atoms with E-state index in [1.54, 1.807) is 6.07 Å². The lowest BCUT2D eigenvalue weighted by atomic mass is 9.81. The maximum atomic E-state index is 11.3. The molecule has 0 saturated carbocycles. The van der Waals surface area contributed by atoms with E-state index in [9.17, 15) is 15.3 Å². The third kappa shape index (κ3) is 2.18. The van der Waals surface area contributed by atoms with Crippen molar-refractivity contribution in [1.29, 1.82) is 0 Å². The van der Waals surface area contributed by atoms with Crippen LogP contribution in [-0.2, 0) is 9.47 Å². The van der Waals surface area contributed by atoms with Gasteiger partial charge in [0.15, 0.2) is 23.0 Å². The van der Waals surface area contributed by atoms with E-state index >= 15 is 0 Å². The van der Waals surface area contributed by atoms with Gasteiger partial charge in [0.2, 0.25) is 6.79 Å². The number of rotatable bonds is 2. The fourth-order valence-corrected chi connectivity index (χ4v) is 4.06. The highest BCUT2D eigenvalue weighted by atomic mass is 16.7. The molecule has 136 valence electrons. The van der Waals surface area contributed by atoms with Crippen LogP contribution in [0.4, 0.5) is 0 Å². The molecule has 2 aromatic rings. The van der Waals surface area contributed by atoms with Gasteiger partial charge in [-0.15, -0.1) is 0 Å². The van der Waals surface area contributed by atoms with Gasteiger partial charge in [0.05, 0.1) is 19.3 Å². The van der Waals surface area contributed by atoms with Gasteiger partial charge in [0.1, 0.15) is 11.7 Å². The Morgan fingerprint density at radius 3 is 2.54 bits per heavy atom. The zero-order chi connectivity index (χ0) is 17.9. The molecule has 5 rings (SSSR count). The molecule has 3 N–H and O–H groups in total. The number of ether oxygens (including phenoxy) is 4. The molecule has 0 spiro atoms. The fourth-order valence-electron chi connectivity index (χ4n) is 4.06. The predicted octanol–water partition coefficient (Wildman–Crippen LogP) is 2.02. The van der Waals surface area contributed by atoms with E-state index in [4.69, 9.17) is 18.9 Å². The fraction of sp³-hybridized carbons (Fsp3) is 0.368. The molecule has 0 bridgehead atoms. The largest absolute Gasteiger partial charge is 0.504 e. The van der Waals surface area contributed by atoms with Gasteiger partial charge in [0.25, 0.3) is 0 Å². The summed E-state index contributed by atoms with van der Waals surface area (Å²) in [7, 11) is 0. The van der Waals surface area contributed by atoms with Crippen LogP contribution in [0.2, 0.25) is 0 Å². The number of aromatic hydroxyl groups is 2. The highest BCUT2D eigenvalue weighted by Crippen LogP contribution is 2.54. The Balaban J connectivity index is 1.45. The van der Waals surface area contributed by atoms with Crippen LogP contribution in [0.5, 0.6) is 23.0 Å². The molecule has 0 radical (unpaired) electrons. The summed E-state index contributed by atoms with van der Waals surface area (Å²) < 4.78 is 22.6. The Morgan fingerprint density at radius 2 is 1.69 bits per heavy atom. The van der Waals surface area contributed by atoms with Crippen molar-refractivity contribution in [3.05, 3.63) is 47.5 Å². The normalized spacial score (nSPS) is 32.0. The molecule has 2 fully saturated rings. The number of hydrogen-bond donors (Lipinski definition) is 3. The van der Waals surface area contributed by atoms with Crippen LogP contribution in [0.25, 0.3) is 0 Å². The smallest absolute Gasteiger partial charge is 0.231 e. The molecular formula is C19H18O7. The molecule has 26 heavy (non-hydrogen) atoms. The van der Waals surface area contributed by atoms with Crippen LogP contribution in [-0.4, -0.2) is 40.9 Å². The lowest BCUT2D eigenvalue weighted by molar-refractivity contribution is -0.0628. The highest BCUT2D eigenvalue weighted by Gasteiger charge is 2.59. The Morgan fingerprint density at radius 1 is 0.885 bits per heavy atom. The van der Waals surface area contributed by atoms with Gasteiger partial charge >= 0.3 is 0 Å². The lowest BCUT2D eigenvalue weighted by Crippen LogP contribution is -2.39. The van der Waals surface area contributed by atoms with Gasteiger partial charge in [-0.3, -0.25) is 0 Å². The average Bonchev–Trinajstić information content (AvgIpc) is 3.30. The SMILES string of the molecule is Oc1ccc([C@@H]2OC[C@@H]3[C@H](c4ccc5c(c4)OCO5)OC[C@@]32O)cc1O. The first-order chi connectivity index (χ1) is 12.6. The van der Waals surface area contributed by atoms with Crippen molar-refractivity contribution in [2.45, 2.75) is 17.8 Å². The molecular weight excluding hydrogens is 340 g/mol. The number of phenolic OH excluding ortho intramolecular Hbond substituents is 2. The van der Waals surface area contributed by atoms with E-state index in [1.165, 1.54) is 12.1 Å². The molecule has 3 aliphatic rings. The van der Waals surface area contributed by atoms with Gasteiger partial charge in [-0.2, -0.15) is 0 Å². The maximum absolute atomic E-state index is 11.3. The van der Waals surface area contributed by atoms with Gasteiger partial charge in [-0.05, 0) is 35.4 Å². The summed E-state index contributed by atoms with van der Waals surface area (Å²) in [6.07, 6.45) is -0.969. The van der Waals surface area contributed by atoms with E-state index in [0.29, 0.717) is 23.7 Å². The van der Waals surface area contributed by atoms with E-state index in [1.807, 2.05) is 18.2 Å². The van der Waals surface area contributed by atoms with Crippen molar-refractivity contribution in [3.8, 4) is 23.0 Å². The summed E-state index contributed by atoms with van der Waals surface area (Å²) >= 11 is 0. The highest BCUT2D eigenvalue weighted by molar-refractivity contribution is 5.46. The average molecular weight is 358 g/mol. The zero-order valence-corrected chi connectivity index (χ0v) is 13.8. The number of hydrogen-bond acceptors (Lipinski definition) is 7. The van der Waals surface area contributed by atoms with Crippen molar-refractivity contribution < 1.29 is 34.3 Å². The molecule has 0 amide bonds. The Bertz CT molecular complexity index is 867. The van der Waals surface area contributed by atoms with Gasteiger partial charge < -0.3 is 34.3 Å². The van der Waals surface area contributed by atoms with E-state index in [0.717, 1.165) is 5.56 Å². The summed E-state index contributed by atoms with van der Waals surface area (Å²) in [4.78, 5) is 0. The minimum Gasteiger partial charge on any atom is -0.504 e. The number of phenols is 2. The topological polar surface area (TPSA) is 97.6 Å². The molecule has 7 nitrogen and oxygen atoms in total. The summed E-state index contributed by atoms with van der Waals surface area (Å²) in [5.41, 5.74) is 0.276. The molecule has 0 aromatic heterocycles. The first-order valence-electron chi connectivity index (χ1n) is 8.43. The van der Waals surface area contributed by atoms with E-state index < -0.39 is 11.7 Å². The summed E-state index contributed by atoms with van der Waals surface area (Å²) in [5.74, 6) is 0.645. The number of aliphatic hydroxyl groups is 1. The van der Waals surface area contributed by atoms with Crippen LogP contribution in [0.3, 0.4) is 0 Å². The van der Waals surface area contributed by atoms with Crippen LogP contribution >= 0.6 is 0 Å². The van der Waals surface area contributed by atoms with Gasteiger partial charge in [0, 0.05) is 5.92 Å². The summed E-state index contributed by atoms with van der Waals surface area (Å²) in [6, 6.07) is 10.0. The van der Waals surface area contributed by atoms with Crippen LogP contribution in [0.1, 0.15) is 23.3 Å². The standard InChI is InChI=1S/C19H18O7/c20-13-3-1-11(5-14(13)21)18-19(22)8-24-17(12(19)7-23-18)10-2-4-15-16(6-10)26-9-25-15/h1-6,12,17-18,20-22H,7-9H2/t12-,17+,18+,19-/m1/s1. The molecule has 7 heteroatoms. The molecule has 2 saturated heterocycles. The number of fused-ring (bicyclic) bond motifs is 2. The molecule has 0 unspecified atom stereocenters. The minimum atomic E-state index is -1.22. The van der Waals surface area contributed by atoms with Crippen molar-refractivity contribution >= 4 is 0 Å². The predicted molar refractivity (Wildman–Crippen MR) is 88.2 cm³/mol. The molecule has 3 aliphatic heterocycles. The summed E-state index contributed by atoms with van der Waals surface area (Å²) in [6.45, 7) is 0.637. The van der Waals surface area contributed by atoms with Gasteiger partial charge in [-0.1, -0.05) is 12.1 Å². The van der Waals surface area contributed by atoms with Crippen LogP contribution < -0.4 is 9.47 Å². The van der Waals surface area contributed by atoms with Gasteiger partial charge in [-0.25, -0.2) is 0 Å². The number of benzene rings is 2. The quantitative estimate of drug-likeness (QED) is 0.707. The summed E-state index contributed by atoms with van der Waals surface area (Å²) in [5, 5.41) is 30.5. The second-order valence-corrected chi connectivity index (χ2v) is 6.90. The van der Waals surface area contributed by atoms with Crippen molar-refractivity contribution in [1.82, 2.24) is 0 Å². The molecule has 4 atom stereocenters. The first kappa shape index (κ1) is 15.7. The van der Waals surface area contributed by atoms with Crippen molar-refractivity contribution in [3.63, 3.8) is 0 Å². The molecule has 0 aliphatic carbocycles. The van der Waals surface area contributed by atoms with E-state index in [2.05, 4.69) is 0 Å². The second kappa shape index (κ2) is 5.51. The van der Waals surface area contributed by atoms with E-state index in [-0.39, 0.29) is 36.9 Å². The van der Waals surface area contributed by atoms with Crippen molar-refractivity contribution in [2.24, 2.45) is 5.92 Å². The molecule has 3 heterocycles. The van der Waals surface area contributed by atoms with Crippen LogP contribution in [0.15, 0.2) is 36.4 Å². The first-order valence-corrected chi connectivity index (χ1v) is 8.43. The van der Waals surface area contributed by atoms with Crippen molar-refractivity contribution in [2.75, 3.05) is 20.0 Å². The lowest BCUT2D eigenvalue weighted by Gasteiger charge is -2.27. The Hall–Kier alpha value is -2.48. The molecule has 2 aromatic carbocycles. The Labute approximate surface area is 149 Å². The maximum Gasteiger partial charge on any atom is 0.231 e. The zero-order valence-electron chi connectivity index (χ0n) is 13.8.